The highest BCUT2D eigenvalue weighted by Gasteiger charge is 2.72. The van der Waals surface area contributed by atoms with Crippen molar-refractivity contribution in [3.05, 3.63) is 23.8 Å². The first-order valence-corrected chi connectivity index (χ1v) is 11.8. The molecule has 0 aromatic heterocycles. The van der Waals surface area contributed by atoms with E-state index in [1.54, 1.807) is 6.08 Å². The fourth-order valence-corrected chi connectivity index (χ4v) is 8.98. The zero-order valence-electron chi connectivity index (χ0n) is 19.6. The molecule has 9 unspecified atom stereocenters. The van der Waals surface area contributed by atoms with Gasteiger partial charge in [0.2, 0.25) is 6.29 Å². The number of hydrogen-bond donors (Lipinski definition) is 2. The van der Waals surface area contributed by atoms with Crippen LogP contribution in [0.1, 0.15) is 60.3 Å². The average Bonchev–Trinajstić information content (AvgIpc) is 3.16. The van der Waals surface area contributed by atoms with Gasteiger partial charge in [-0.05, 0) is 53.9 Å². The zero-order chi connectivity index (χ0) is 23.4. The normalized spacial score (nSPS) is 51.6. The van der Waals surface area contributed by atoms with Crippen molar-refractivity contribution in [2.75, 3.05) is 0 Å². The first kappa shape index (κ1) is 22.0. The van der Waals surface area contributed by atoms with Crippen LogP contribution >= 0.6 is 0 Å². The Morgan fingerprint density at radius 2 is 1.72 bits per heavy atom. The van der Waals surface area contributed by atoms with Gasteiger partial charge in [-0.15, -0.1) is 0 Å². The number of esters is 1. The topological polar surface area (TPSA) is 101 Å². The lowest BCUT2D eigenvalue weighted by molar-refractivity contribution is -0.211. The van der Waals surface area contributed by atoms with Crippen LogP contribution in [0.5, 0.6) is 0 Å². The van der Waals surface area contributed by atoms with Gasteiger partial charge in [0.05, 0.1) is 6.10 Å². The van der Waals surface area contributed by atoms with E-state index in [9.17, 15) is 24.6 Å². The van der Waals surface area contributed by atoms with E-state index in [2.05, 4.69) is 26.8 Å². The van der Waals surface area contributed by atoms with Crippen LogP contribution in [0.15, 0.2) is 23.8 Å². The second-order valence-electron chi connectivity index (χ2n) is 12.1. The second-order valence-corrected chi connectivity index (χ2v) is 12.1. The van der Waals surface area contributed by atoms with Crippen LogP contribution in [0.2, 0.25) is 0 Å². The van der Waals surface area contributed by atoms with E-state index in [-0.39, 0.29) is 47.1 Å². The Morgan fingerprint density at radius 3 is 2.34 bits per heavy atom. The van der Waals surface area contributed by atoms with Gasteiger partial charge in [0, 0.05) is 34.8 Å². The van der Waals surface area contributed by atoms with Crippen LogP contribution < -0.4 is 0 Å². The number of aliphatic hydroxyl groups excluding tert-OH is 2. The molecular formula is C26H34O6. The fourth-order valence-electron chi connectivity index (χ4n) is 8.98. The molecule has 1 aliphatic heterocycles. The molecule has 174 valence electrons. The molecule has 0 spiro atoms. The molecule has 6 nitrogen and oxygen atoms in total. The minimum atomic E-state index is -1.30. The van der Waals surface area contributed by atoms with Crippen LogP contribution in [0, 0.1) is 45.3 Å². The molecule has 5 rings (SSSR count). The number of ketones is 2. The van der Waals surface area contributed by atoms with Crippen LogP contribution in [0.25, 0.3) is 0 Å². The van der Waals surface area contributed by atoms with Gasteiger partial charge < -0.3 is 14.9 Å². The van der Waals surface area contributed by atoms with Crippen LogP contribution in [-0.2, 0) is 19.1 Å². The summed E-state index contributed by atoms with van der Waals surface area (Å²) in [6.07, 6.45) is 5.38. The van der Waals surface area contributed by atoms with Crippen molar-refractivity contribution in [2.45, 2.75) is 72.7 Å². The van der Waals surface area contributed by atoms with Gasteiger partial charge in [-0.3, -0.25) is 9.59 Å². The summed E-state index contributed by atoms with van der Waals surface area (Å²) in [4.78, 5) is 38.1. The average molecular weight is 443 g/mol. The number of carbonyl (C=O) groups excluding carboxylic acids is 3. The van der Waals surface area contributed by atoms with E-state index in [1.807, 2.05) is 13.8 Å². The minimum absolute atomic E-state index is 0.00242. The number of allylic oxidation sites excluding steroid dienone is 2. The summed E-state index contributed by atoms with van der Waals surface area (Å²) < 4.78 is 4.94. The predicted octanol–water partition coefficient (Wildman–Crippen LogP) is 2.97. The second kappa shape index (κ2) is 6.41. The van der Waals surface area contributed by atoms with Crippen LogP contribution in [0.3, 0.4) is 0 Å². The van der Waals surface area contributed by atoms with Gasteiger partial charge in [-0.2, -0.15) is 0 Å². The molecule has 9 atom stereocenters. The SMILES string of the molecule is CC1(C)C(=O)C=CC2(C)C1CC(O)C1(C)C2CCC2(C)C(C3=CC(=O)OC3O)CC(=O)C21. The number of fused-ring (bicyclic) bond motifs is 5. The Morgan fingerprint density at radius 1 is 1.03 bits per heavy atom. The number of ether oxygens (including phenoxy) is 1. The molecule has 0 bridgehead atoms. The summed E-state index contributed by atoms with van der Waals surface area (Å²) in [7, 11) is 0. The summed E-state index contributed by atoms with van der Waals surface area (Å²) in [6.45, 7) is 10.3. The van der Waals surface area contributed by atoms with Crippen molar-refractivity contribution in [3.63, 3.8) is 0 Å². The van der Waals surface area contributed by atoms with Gasteiger partial charge in [0.25, 0.3) is 0 Å². The number of aliphatic hydroxyl groups is 2. The Balaban J connectivity index is 1.60. The molecule has 0 radical (unpaired) electrons. The third-order valence-electron chi connectivity index (χ3n) is 10.5. The summed E-state index contributed by atoms with van der Waals surface area (Å²) in [5, 5.41) is 22.0. The molecule has 5 aliphatic rings. The quantitative estimate of drug-likeness (QED) is 0.606. The molecule has 2 N–H and O–H groups in total. The van der Waals surface area contributed by atoms with Gasteiger partial charge >= 0.3 is 5.97 Å². The molecule has 0 aromatic carbocycles. The minimum Gasteiger partial charge on any atom is -0.429 e. The maximum absolute atomic E-state index is 13.6. The van der Waals surface area contributed by atoms with Crippen molar-refractivity contribution in [1.29, 1.82) is 0 Å². The van der Waals surface area contributed by atoms with Crippen molar-refractivity contribution in [2.24, 2.45) is 45.3 Å². The maximum atomic E-state index is 13.6. The highest BCUT2D eigenvalue weighted by molar-refractivity contribution is 5.96. The number of cyclic esters (lactones) is 1. The van der Waals surface area contributed by atoms with Crippen molar-refractivity contribution in [1.82, 2.24) is 0 Å². The zero-order valence-corrected chi connectivity index (χ0v) is 19.6. The Hall–Kier alpha value is -1.79. The van der Waals surface area contributed by atoms with Crippen molar-refractivity contribution >= 4 is 17.5 Å². The highest BCUT2D eigenvalue weighted by atomic mass is 16.6. The van der Waals surface area contributed by atoms with Gasteiger partial charge in [-0.1, -0.05) is 40.7 Å². The standard InChI is InChI=1S/C26H34O6/c1-23(2)17-12-19(29)26(5)16(25(17,4)9-7-18(23)28)6-8-24(3)14(11-15(27)21(24)26)13-10-20(30)32-22(13)31/h7,9-10,14,16-17,19,21-22,29,31H,6,8,11-12H2,1-5H3. The lowest BCUT2D eigenvalue weighted by Gasteiger charge is -2.67. The monoisotopic (exact) mass is 442 g/mol. The van der Waals surface area contributed by atoms with E-state index in [0.717, 1.165) is 12.8 Å². The molecule has 1 heterocycles. The van der Waals surface area contributed by atoms with Gasteiger partial charge in [-0.25, -0.2) is 4.79 Å². The molecule has 6 heteroatoms. The van der Waals surface area contributed by atoms with E-state index < -0.39 is 34.6 Å². The van der Waals surface area contributed by atoms with Crippen LogP contribution in [-0.4, -0.2) is 40.1 Å². The lowest BCUT2D eigenvalue weighted by atomic mass is 9.37. The molecule has 3 fully saturated rings. The van der Waals surface area contributed by atoms with E-state index in [4.69, 9.17) is 4.74 Å². The Bertz CT molecular complexity index is 977. The van der Waals surface area contributed by atoms with Crippen molar-refractivity contribution < 1.29 is 29.3 Å². The fraction of sp³-hybridized carbons (Fsp3) is 0.731. The largest absolute Gasteiger partial charge is 0.429 e. The molecule has 3 saturated carbocycles. The van der Waals surface area contributed by atoms with Gasteiger partial charge in [0.1, 0.15) is 5.78 Å². The Kier molecular flexibility index (Phi) is 4.41. The molecule has 0 amide bonds. The molecule has 0 aromatic rings. The third kappa shape index (κ3) is 2.46. The number of hydrogen-bond acceptors (Lipinski definition) is 6. The maximum Gasteiger partial charge on any atom is 0.333 e. The summed E-state index contributed by atoms with van der Waals surface area (Å²) >= 11 is 0. The first-order chi connectivity index (χ1) is 14.8. The lowest BCUT2D eigenvalue weighted by Crippen LogP contribution is -2.66. The molecule has 32 heavy (non-hydrogen) atoms. The predicted molar refractivity (Wildman–Crippen MR) is 116 cm³/mol. The summed E-state index contributed by atoms with van der Waals surface area (Å²) in [5.74, 6) is -0.995. The third-order valence-corrected chi connectivity index (χ3v) is 10.5. The number of rotatable bonds is 1. The Labute approximate surface area is 189 Å². The summed E-state index contributed by atoms with van der Waals surface area (Å²) in [6, 6.07) is 0. The number of Topliss-reactive ketones (excluding diaryl/α,β-unsaturated/α-hetero) is 1. The van der Waals surface area contributed by atoms with Gasteiger partial charge in [0.15, 0.2) is 5.78 Å². The first-order valence-electron chi connectivity index (χ1n) is 11.8. The number of carbonyl (C=O) groups is 3. The smallest absolute Gasteiger partial charge is 0.333 e. The highest BCUT2D eigenvalue weighted by Crippen LogP contribution is 2.72. The van der Waals surface area contributed by atoms with E-state index in [0.29, 0.717) is 12.0 Å². The van der Waals surface area contributed by atoms with Crippen LogP contribution in [0.4, 0.5) is 0 Å². The van der Waals surface area contributed by atoms with Crippen molar-refractivity contribution in [3.8, 4) is 0 Å². The van der Waals surface area contributed by atoms with E-state index >= 15 is 0 Å². The van der Waals surface area contributed by atoms with E-state index in [1.165, 1.54) is 6.08 Å². The molecular weight excluding hydrogens is 408 g/mol. The summed E-state index contributed by atoms with van der Waals surface area (Å²) in [5.41, 5.74) is -1.49. The molecule has 0 saturated heterocycles. The molecule has 4 aliphatic carbocycles.